The highest BCUT2D eigenvalue weighted by molar-refractivity contribution is 6.19. The monoisotopic (exact) mass is 395 g/mol. The molecule has 148 valence electrons. The first-order valence-corrected chi connectivity index (χ1v) is 9.91. The molecule has 0 amide bonds. The van der Waals surface area contributed by atoms with Crippen molar-refractivity contribution in [2.75, 3.05) is 13.3 Å². The zero-order valence-corrected chi connectivity index (χ0v) is 16.3. The fourth-order valence-corrected chi connectivity index (χ4v) is 3.82. The van der Waals surface area contributed by atoms with Gasteiger partial charge in [0.25, 0.3) is 0 Å². The average Bonchev–Trinajstić information content (AvgIpc) is 3.52. The molecular formula is C23H21N7. The second-order valence-corrected chi connectivity index (χ2v) is 7.63. The van der Waals surface area contributed by atoms with E-state index in [4.69, 9.17) is 4.99 Å². The molecule has 2 aromatic rings. The van der Waals surface area contributed by atoms with Crippen LogP contribution in [-0.2, 0) is 0 Å². The first kappa shape index (κ1) is 16.8. The number of hydrogen-bond donors (Lipinski definition) is 2. The predicted octanol–water partition coefficient (Wildman–Crippen LogP) is -0.00410. The van der Waals surface area contributed by atoms with E-state index >= 15 is 0 Å². The lowest BCUT2D eigenvalue weighted by atomic mass is 10.3. The summed E-state index contributed by atoms with van der Waals surface area (Å²) in [4.78, 5) is 20.2. The van der Waals surface area contributed by atoms with Crippen LogP contribution in [0.1, 0.15) is 0 Å². The molecule has 0 fully saturated rings. The molecule has 6 heterocycles. The van der Waals surface area contributed by atoms with Crippen LogP contribution in [-0.4, -0.2) is 48.6 Å². The van der Waals surface area contributed by atoms with Crippen molar-refractivity contribution in [3.63, 3.8) is 0 Å². The molecule has 0 saturated carbocycles. The van der Waals surface area contributed by atoms with Crippen LogP contribution in [0.5, 0.6) is 0 Å². The van der Waals surface area contributed by atoms with E-state index in [9.17, 15) is 0 Å². The zero-order chi connectivity index (χ0) is 19.9. The Morgan fingerprint density at radius 1 is 0.600 bits per heavy atom. The molecule has 7 nitrogen and oxygen atoms in total. The number of allylic oxidation sites excluding steroid dienone is 2. The number of rotatable bonds is 0. The Hall–Kier alpha value is -4.13. The molecular weight excluding hydrogens is 374 g/mol. The number of fused-ring (bicyclic) bond motifs is 9. The molecule has 0 radical (unpaired) electrons. The van der Waals surface area contributed by atoms with E-state index in [1.165, 1.54) is 0 Å². The quantitative estimate of drug-likeness (QED) is 0.659. The molecule has 7 heteroatoms. The van der Waals surface area contributed by atoms with Crippen LogP contribution in [0.4, 0.5) is 0 Å². The van der Waals surface area contributed by atoms with Crippen molar-refractivity contribution < 1.29 is 0 Å². The summed E-state index contributed by atoms with van der Waals surface area (Å²) in [6.07, 6.45) is 22.8. The van der Waals surface area contributed by atoms with Crippen molar-refractivity contribution in [2.24, 2.45) is 4.99 Å². The van der Waals surface area contributed by atoms with Crippen LogP contribution in [0.15, 0.2) is 78.1 Å². The van der Waals surface area contributed by atoms with Crippen molar-refractivity contribution >= 4 is 30.4 Å². The summed E-state index contributed by atoms with van der Waals surface area (Å²) in [6, 6.07) is 8.36. The Kier molecular flexibility index (Phi) is 3.77. The largest absolute Gasteiger partial charge is 0.354 e. The van der Waals surface area contributed by atoms with Crippen molar-refractivity contribution in [1.82, 2.24) is 29.6 Å². The van der Waals surface area contributed by atoms with Crippen LogP contribution in [0, 0.1) is 0 Å². The minimum absolute atomic E-state index is 0.754. The van der Waals surface area contributed by atoms with E-state index in [1.807, 2.05) is 12.2 Å². The number of nitrogens with zero attached hydrogens (tertiary/aromatic N) is 5. The lowest BCUT2D eigenvalue weighted by Crippen LogP contribution is -2.23. The van der Waals surface area contributed by atoms with Gasteiger partial charge in [-0.2, -0.15) is 0 Å². The van der Waals surface area contributed by atoms with Gasteiger partial charge in [0.05, 0.1) is 40.8 Å². The minimum Gasteiger partial charge on any atom is -0.354 e. The third-order valence-electron chi connectivity index (χ3n) is 5.21. The third kappa shape index (κ3) is 3.37. The van der Waals surface area contributed by atoms with Gasteiger partial charge in [-0.1, -0.05) is 0 Å². The maximum Gasteiger partial charge on any atom is 0.0979 e. The van der Waals surface area contributed by atoms with E-state index in [1.54, 1.807) is 0 Å². The first-order chi connectivity index (χ1) is 14.7. The highest BCUT2D eigenvalue weighted by Gasteiger charge is 2.11. The molecule has 0 atom stereocenters. The number of aromatic amines is 2. The van der Waals surface area contributed by atoms with E-state index in [-0.39, 0.29) is 0 Å². The molecule has 4 aliphatic rings. The number of H-pyrrole nitrogens is 2. The molecule has 0 aromatic carbocycles. The molecule has 6 rings (SSSR count). The van der Waals surface area contributed by atoms with Gasteiger partial charge >= 0.3 is 0 Å². The summed E-state index contributed by atoms with van der Waals surface area (Å²) in [5, 5.41) is 4.22. The van der Waals surface area contributed by atoms with Crippen LogP contribution in [0.2, 0.25) is 0 Å². The molecule has 4 aliphatic heterocycles. The second kappa shape index (κ2) is 6.73. The Morgan fingerprint density at radius 3 is 1.70 bits per heavy atom. The summed E-state index contributed by atoms with van der Waals surface area (Å²) < 4.78 is 0. The topological polar surface area (TPSA) is 56.9 Å². The minimum atomic E-state index is 0.754. The van der Waals surface area contributed by atoms with Gasteiger partial charge in [0.15, 0.2) is 0 Å². The van der Waals surface area contributed by atoms with Gasteiger partial charge in [-0.25, -0.2) is 4.99 Å². The standard InChI is InChI=1S/C23H21N7/c1-3-20-12-27-7-9-29(16-27)14-22-5-6-23(26-22)15-30-10-8-28(17-30)13-21-4-2-19(25-21)11-18(1)24-20/h1-15,24,26H,16-17H2/b18-11-,20-12-,21-13-,22-14-,23-15-. The van der Waals surface area contributed by atoms with Crippen LogP contribution >= 0.6 is 0 Å². The number of aromatic nitrogens is 2. The highest BCUT2D eigenvalue weighted by Crippen LogP contribution is 2.14. The number of hydrogen-bond acceptors (Lipinski definition) is 5. The van der Waals surface area contributed by atoms with E-state index in [2.05, 4.69) is 110 Å². The van der Waals surface area contributed by atoms with Gasteiger partial charge < -0.3 is 29.6 Å². The van der Waals surface area contributed by atoms with Gasteiger partial charge in [-0.3, -0.25) is 0 Å². The van der Waals surface area contributed by atoms with E-state index in [0.717, 1.165) is 46.1 Å². The highest BCUT2D eigenvalue weighted by atomic mass is 15.3. The molecule has 0 saturated heterocycles. The molecule has 0 spiro atoms. The Labute approximate surface area is 173 Å². The summed E-state index contributed by atoms with van der Waals surface area (Å²) in [6.45, 7) is 1.52. The normalized spacial score (nSPS) is 25.5. The second-order valence-electron chi connectivity index (χ2n) is 7.63. The molecule has 10 bridgehead atoms. The first-order valence-electron chi connectivity index (χ1n) is 9.91. The van der Waals surface area contributed by atoms with Gasteiger partial charge in [0.2, 0.25) is 0 Å². The van der Waals surface area contributed by atoms with E-state index < -0.39 is 0 Å². The third-order valence-corrected chi connectivity index (χ3v) is 5.21. The Morgan fingerprint density at radius 2 is 1.10 bits per heavy atom. The van der Waals surface area contributed by atoms with Gasteiger partial charge in [-0.05, 0) is 42.5 Å². The number of nitrogens with one attached hydrogen (secondary N) is 2. The Balaban J connectivity index is 1.42. The summed E-state index contributed by atoms with van der Waals surface area (Å²) in [5.74, 6) is 0. The van der Waals surface area contributed by atoms with Crippen LogP contribution in [0.3, 0.4) is 0 Å². The van der Waals surface area contributed by atoms with Crippen LogP contribution < -0.4 is 21.4 Å². The molecule has 0 unspecified atom stereocenters. The summed E-state index contributed by atoms with van der Waals surface area (Å²) >= 11 is 0. The van der Waals surface area contributed by atoms with Crippen molar-refractivity contribution in [3.05, 3.63) is 94.5 Å². The smallest absolute Gasteiger partial charge is 0.0979 e. The molecule has 30 heavy (non-hydrogen) atoms. The predicted molar refractivity (Wildman–Crippen MR) is 118 cm³/mol. The summed E-state index contributed by atoms with van der Waals surface area (Å²) in [5.41, 5.74) is 1.89. The van der Waals surface area contributed by atoms with Crippen molar-refractivity contribution in [3.8, 4) is 0 Å². The maximum absolute atomic E-state index is 4.72. The molecule has 0 aliphatic carbocycles. The Bertz CT molecular complexity index is 1380. The zero-order valence-electron chi connectivity index (χ0n) is 16.3. The van der Waals surface area contributed by atoms with Gasteiger partial charge in [-0.15, -0.1) is 0 Å². The van der Waals surface area contributed by atoms with Crippen molar-refractivity contribution in [2.45, 2.75) is 0 Å². The maximum atomic E-state index is 4.72. The van der Waals surface area contributed by atoms with E-state index in [0.29, 0.717) is 0 Å². The van der Waals surface area contributed by atoms with Crippen molar-refractivity contribution in [1.29, 1.82) is 0 Å². The van der Waals surface area contributed by atoms with Crippen LogP contribution in [0.25, 0.3) is 24.7 Å². The molecule has 2 aromatic heterocycles. The average molecular weight is 395 g/mol. The summed E-state index contributed by atoms with van der Waals surface area (Å²) in [7, 11) is 0. The fourth-order valence-electron chi connectivity index (χ4n) is 3.82. The SMILES string of the molecule is C1=C/C2=C/N3C=CN(/C=c4/cc/c([nH]4)=C/N4C=CN(/C=c5/cc/c([nH]5)=C/C1=N2)C4)C3. The number of aliphatic imine (C=N–C) groups is 1. The van der Waals surface area contributed by atoms with Gasteiger partial charge in [0.1, 0.15) is 0 Å². The fraction of sp³-hybridized carbons (Fsp3) is 0.0870. The lowest BCUT2D eigenvalue weighted by Gasteiger charge is -2.14. The lowest BCUT2D eigenvalue weighted by molar-refractivity contribution is 0.411. The van der Waals surface area contributed by atoms with Gasteiger partial charge in [0, 0.05) is 54.9 Å². The molecule has 2 N–H and O–H groups in total.